The van der Waals surface area contributed by atoms with Gasteiger partial charge in [-0.2, -0.15) is 0 Å². The molecule has 0 N–H and O–H groups in total. The van der Waals surface area contributed by atoms with E-state index in [1.807, 2.05) is 18.4 Å². The number of aryl methyl sites for hydroxylation is 1. The third kappa shape index (κ3) is 1.60. The predicted molar refractivity (Wildman–Crippen MR) is 47.8 cm³/mol. The molecule has 0 amide bonds. The van der Waals surface area contributed by atoms with Crippen molar-refractivity contribution in [2.75, 3.05) is 0 Å². The molecular formula is C9H16N2O. The number of hydrogen-bond acceptors (Lipinski definition) is 1. The second-order valence-electron chi connectivity index (χ2n) is 3.16. The van der Waals surface area contributed by atoms with Crippen molar-refractivity contribution >= 4 is 0 Å². The summed E-state index contributed by atoms with van der Waals surface area (Å²) in [5.41, 5.74) is 1.89. The van der Waals surface area contributed by atoms with Crippen LogP contribution in [0.2, 0.25) is 0 Å². The van der Waals surface area contributed by atoms with Crippen molar-refractivity contribution < 1.29 is 4.73 Å². The van der Waals surface area contributed by atoms with Gasteiger partial charge in [-0.3, -0.25) is 0 Å². The summed E-state index contributed by atoms with van der Waals surface area (Å²) in [5.74, 6) is 0. The topological polar surface area (TPSA) is 31.9 Å². The Bertz CT molecular complexity index is 266. The molecule has 0 atom stereocenters. The molecule has 0 saturated heterocycles. The fourth-order valence-electron chi connectivity index (χ4n) is 1.22. The maximum atomic E-state index is 11.1. The fourth-order valence-corrected chi connectivity index (χ4v) is 1.22. The maximum Gasteiger partial charge on any atom is 0.247 e. The van der Waals surface area contributed by atoms with Gasteiger partial charge >= 0.3 is 0 Å². The molecule has 0 aliphatic rings. The minimum atomic E-state index is 0.811. The van der Waals surface area contributed by atoms with Gasteiger partial charge in [-0.25, -0.2) is 9.30 Å². The van der Waals surface area contributed by atoms with Gasteiger partial charge < -0.3 is 5.21 Å². The molecule has 0 aliphatic carbocycles. The van der Waals surface area contributed by atoms with Crippen LogP contribution in [0.3, 0.4) is 0 Å². The van der Waals surface area contributed by atoms with E-state index < -0.39 is 0 Å². The first-order valence-corrected chi connectivity index (χ1v) is 4.42. The molecule has 0 unspecified atom stereocenters. The Hall–Kier alpha value is -0.990. The quantitative estimate of drug-likeness (QED) is 0.497. The van der Waals surface area contributed by atoms with Crippen LogP contribution < -0.4 is 4.73 Å². The molecule has 0 radical (unpaired) electrons. The molecule has 0 bridgehead atoms. The monoisotopic (exact) mass is 168 g/mol. The summed E-state index contributed by atoms with van der Waals surface area (Å²) < 4.78 is 2.96. The van der Waals surface area contributed by atoms with Crippen LogP contribution in [0.4, 0.5) is 0 Å². The minimum absolute atomic E-state index is 0.811. The number of rotatable bonds is 3. The zero-order chi connectivity index (χ0) is 9.14. The summed E-state index contributed by atoms with van der Waals surface area (Å²) >= 11 is 0. The normalized spacial score (nSPS) is 10.6. The molecule has 1 rings (SSSR count). The van der Waals surface area contributed by atoms with E-state index in [4.69, 9.17) is 0 Å². The lowest BCUT2D eigenvalue weighted by molar-refractivity contribution is -0.611. The van der Waals surface area contributed by atoms with Crippen LogP contribution >= 0.6 is 0 Å². The zero-order valence-electron chi connectivity index (χ0n) is 8.00. The Morgan fingerprint density at radius 3 is 2.58 bits per heavy atom. The Labute approximate surface area is 73.2 Å². The van der Waals surface area contributed by atoms with Crippen molar-refractivity contribution in [3.05, 3.63) is 22.9 Å². The molecule has 0 spiro atoms. The van der Waals surface area contributed by atoms with Crippen LogP contribution in [0.1, 0.15) is 31.2 Å². The van der Waals surface area contributed by atoms with E-state index in [0.717, 1.165) is 35.5 Å². The molecule has 0 aliphatic heterocycles. The minimum Gasteiger partial charge on any atom is -0.711 e. The maximum absolute atomic E-state index is 11.1. The second-order valence-corrected chi connectivity index (χ2v) is 3.16. The largest absolute Gasteiger partial charge is 0.711 e. The van der Waals surface area contributed by atoms with Crippen molar-refractivity contribution in [1.29, 1.82) is 0 Å². The Balaban J connectivity index is 2.79. The van der Waals surface area contributed by atoms with Crippen LogP contribution in [0.5, 0.6) is 0 Å². The lowest BCUT2D eigenvalue weighted by Crippen LogP contribution is -2.26. The van der Waals surface area contributed by atoms with Crippen molar-refractivity contribution in [1.82, 2.24) is 4.57 Å². The van der Waals surface area contributed by atoms with Crippen molar-refractivity contribution in [3.8, 4) is 0 Å². The average Bonchev–Trinajstić information content (AvgIpc) is 2.30. The first-order chi connectivity index (χ1) is 5.66. The zero-order valence-corrected chi connectivity index (χ0v) is 8.00. The number of nitrogens with zero attached hydrogens (tertiary/aromatic N) is 2. The molecule has 1 heterocycles. The smallest absolute Gasteiger partial charge is 0.247 e. The molecule has 3 nitrogen and oxygen atoms in total. The molecule has 1 aromatic heterocycles. The van der Waals surface area contributed by atoms with Gasteiger partial charge in [0.1, 0.15) is 11.4 Å². The van der Waals surface area contributed by atoms with Gasteiger partial charge in [-0.15, -0.1) is 0 Å². The Morgan fingerprint density at radius 2 is 2.17 bits per heavy atom. The van der Waals surface area contributed by atoms with Gasteiger partial charge in [-0.1, -0.05) is 13.3 Å². The number of imidazole rings is 1. The SMILES string of the molecule is CCCCn1c[n+]([O-])c(C)c1C. The lowest BCUT2D eigenvalue weighted by atomic mass is 10.3. The van der Waals surface area contributed by atoms with E-state index in [-0.39, 0.29) is 0 Å². The highest BCUT2D eigenvalue weighted by Crippen LogP contribution is 2.03. The summed E-state index contributed by atoms with van der Waals surface area (Å²) in [7, 11) is 0. The molecule has 0 saturated carbocycles. The third-order valence-electron chi connectivity index (χ3n) is 2.28. The third-order valence-corrected chi connectivity index (χ3v) is 2.28. The van der Waals surface area contributed by atoms with Gasteiger partial charge in [0.05, 0.1) is 6.54 Å². The standard InChI is InChI=1S/C9H16N2O/c1-4-5-6-10-7-11(12)9(3)8(10)2/h7H,4-6H2,1-3H3. The highest BCUT2D eigenvalue weighted by atomic mass is 16.5. The van der Waals surface area contributed by atoms with Crippen LogP contribution in [0.15, 0.2) is 6.33 Å². The molecule has 1 aromatic rings. The second kappa shape index (κ2) is 3.61. The molecule has 68 valence electrons. The van der Waals surface area contributed by atoms with Crippen molar-refractivity contribution in [2.24, 2.45) is 0 Å². The number of unbranched alkanes of at least 4 members (excludes halogenated alkanes) is 1. The first kappa shape index (κ1) is 9.10. The van der Waals surface area contributed by atoms with Gasteiger partial charge in [0.15, 0.2) is 0 Å². The Kier molecular flexibility index (Phi) is 2.74. The van der Waals surface area contributed by atoms with E-state index in [9.17, 15) is 5.21 Å². The van der Waals surface area contributed by atoms with E-state index >= 15 is 0 Å². The van der Waals surface area contributed by atoms with Crippen LogP contribution in [0.25, 0.3) is 0 Å². The Morgan fingerprint density at radius 1 is 1.50 bits per heavy atom. The van der Waals surface area contributed by atoms with E-state index in [1.54, 1.807) is 6.33 Å². The molecular weight excluding hydrogens is 152 g/mol. The predicted octanol–water partition coefficient (Wildman–Crippen LogP) is 1.54. The van der Waals surface area contributed by atoms with Crippen LogP contribution in [0, 0.1) is 19.1 Å². The first-order valence-electron chi connectivity index (χ1n) is 4.42. The van der Waals surface area contributed by atoms with Gasteiger partial charge in [0.2, 0.25) is 6.33 Å². The summed E-state index contributed by atoms with van der Waals surface area (Å²) in [5, 5.41) is 11.1. The molecule has 3 heteroatoms. The number of aromatic nitrogens is 2. The van der Waals surface area contributed by atoms with Gasteiger partial charge in [0, 0.05) is 13.8 Å². The van der Waals surface area contributed by atoms with E-state index in [1.165, 1.54) is 0 Å². The number of hydrogen-bond donors (Lipinski definition) is 0. The van der Waals surface area contributed by atoms with Gasteiger partial charge in [-0.05, 0) is 6.42 Å². The van der Waals surface area contributed by atoms with E-state index in [2.05, 4.69) is 6.92 Å². The van der Waals surface area contributed by atoms with E-state index in [0.29, 0.717) is 0 Å². The van der Waals surface area contributed by atoms with Crippen molar-refractivity contribution in [3.63, 3.8) is 0 Å². The highest BCUT2D eigenvalue weighted by molar-refractivity contribution is 5.02. The van der Waals surface area contributed by atoms with Crippen LogP contribution in [-0.2, 0) is 6.54 Å². The van der Waals surface area contributed by atoms with Crippen LogP contribution in [-0.4, -0.2) is 4.57 Å². The molecule has 0 fully saturated rings. The highest BCUT2D eigenvalue weighted by Gasteiger charge is 2.10. The average molecular weight is 168 g/mol. The lowest BCUT2D eigenvalue weighted by Gasteiger charge is -1.95. The summed E-state index contributed by atoms with van der Waals surface area (Å²) in [6.45, 7) is 6.94. The molecule has 0 aromatic carbocycles. The molecule has 12 heavy (non-hydrogen) atoms. The van der Waals surface area contributed by atoms with Crippen molar-refractivity contribution in [2.45, 2.75) is 40.2 Å². The van der Waals surface area contributed by atoms with Gasteiger partial charge in [0.25, 0.3) is 0 Å². The summed E-state index contributed by atoms with van der Waals surface area (Å²) in [4.78, 5) is 0. The summed E-state index contributed by atoms with van der Waals surface area (Å²) in [6, 6.07) is 0. The summed E-state index contributed by atoms with van der Waals surface area (Å²) in [6.07, 6.45) is 3.92. The fraction of sp³-hybridized carbons (Fsp3) is 0.667.